The number of hydrogen-bond donors (Lipinski definition) is 2. The molecule has 3 aromatic carbocycles. The first kappa shape index (κ1) is 28.4. The van der Waals surface area contributed by atoms with Crippen molar-refractivity contribution in [2.24, 2.45) is 5.41 Å². The Morgan fingerprint density at radius 2 is 1.54 bits per heavy atom. The van der Waals surface area contributed by atoms with Gasteiger partial charge in [0.2, 0.25) is 0 Å². The van der Waals surface area contributed by atoms with Crippen molar-refractivity contribution in [1.29, 1.82) is 0 Å². The third kappa shape index (κ3) is 6.65. The molecule has 0 unspecified atom stereocenters. The van der Waals surface area contributed by atoms with Crippen LogP contribution < -0.4 is 0 Å². The molecule has 0 spiro atoms. The Bertz CT molecular complexity index is 1350. The van der Waals surface area contributed by atoms with Crippen molar-refractivity contribution in [2.75, 3.05) is 14.2 Å². The van der Waals surface area contributed by atoms with Crippen LogP contribution >= 0.6 is 0 Å². The van der Waals surface area contributed by atoms with Crippen LogP contribution in [0.5, 0.6) is 0 Å². The predicted molar refractivity (Wildman–Crippen MR) is 141 cm³/mol. The molecule has 0 aliphatic heterocycles. The van der Waals surface area contributed by atoms with Gasteiger partial charge in [-0.05, 0) is 40.8 Å². The number of benzene rings is 3. The van der Waals surface area contributed by atoms with Crippen molar-refractivity contribution >= 4 is 21.9 Å². The van der Waals surface area contributed by atoms with Crippen molar-refractivity contribution in [3.05, 3.63) is 90.6 Å². The quantitative estimate of drug-likeness (QED) is 0.209. The third-order valence-corrected chi connectivity index (χ3v) is 5.36. The number of aliphatic hydroxyl groups is 2. The average Bonchev–Trinajstić information content (AvgIpc) is 3.24. The summed E-state index contributed by atoms with van der Waals surface area (Å²) >= 11 is 0. The fourth-order valence-electron chi connectivity index (χ4n) is 4.08. The van der Waals surface area contributed by atoms with Gasteiger partial charge in [0, 0.05) is 45.9 Å². The molecule has 2 N–H and O–H groups in total. The monoisotopic (exact) mass is 647 g/mol. The van der Waals surface area contributed by atoms with E-state index in [1.165, 1.54) is 11.1 Å². The molecule has 0 aliphatic carbocycles. The van der Waals surface area contributed by atoms with Crippen molar-refractivity contribution in [3.63, 3.8) is 0 Å². The summed E-state index contributed by atoms with van der Waals surface area (Å²) in [5, 5.41) is 16.2. The molecule has 0 amide bonds. The van der Waals surface area contributed by atoms with E-state index in [1.54, 1.807) is 0 Å². The molecule has 1 radical (unpaired) electrons. The minimum atomic E-state index is 0. The van der Waals surface area contributed by atoms with E-state index in [0.29, 0.717) is 0 Å². The van der Waals surface area contributed by atoms with Gasteiger partial charge in [-0.15, -0.1) is 18.2 Å². The summed E-state index contributed by atoms with van der Waals surface area (Å²) in [4.78, 5) is 4.63. The summed E-state index contributed by atoms with van der Waals surface area (Å²) in [5.74, 6) is 0. The number of rotatable bonds is 3. The zero-order chi connectivity index (χ0) is 24.7. The summed E-state index contributed by atoms with van der Waals surface area (Å²) in [6.07, 6.45) is 2.89. The molecule has 185 valence electrons. The fraction of sp³-hybridized carbons (Fsp3) is 0.233. The van der Waals surface area contributed by atoms with E-state index >= 15 is 0 Å². The third-order valence-electron chi connectivity index (χ3n) is 5.36. The summed E-state index contributed by atoms with van der Waals surface area (Å²) in [7, 11) is 2.00. The smallest absolute Gasteiger partial charge is 0.121 e. The van der Waals surface area contributed by atoms with Crippen molar-refractivity contribution < 1.29 is 34.7 Å². The normalized spacial score (nSPS) is 10.6. The maximum Gasteiger partial charge on any atom is 0.121 e. The number of hydrogen-bond acceptors (Lipinski definition) is 4. The average molecular weight is 647 g/mol. The Morgan fingerprint density at radius 3 is 2.23 bits per heavy atom. The first-order valence-corrected chi connectivity index (χ1v) is 11.3. The van der Waals surface area contributed by atoms with Crippen molar-refractivity contribution in [3.8, 4) is 22.4 Å². The van der Waals surface area contributed by atoms with E-state index in [0.717, 1.165) is 59.4 Å². The molecule has 5 aromatic rings. The number of nitrogens with zero attached hydrogens (tertiary/aromatic N) is 1. The molecule has 0 saturated carbocycles. The van der Waals surface area contributed by atoms with Gasteiger partial charge in [0.05, 0.1) is 5.58 Å². The molecule has 35 heavy (non-hydrogen) atoms. The molecule has 4 nitrogen and oxygen atoms in total. The molecule has 0 saturated heterocycles. The zero-order valence-corrected chi connectivity index (χ0v) is 23.2. The molecule has 5 rings (SSSR count). The van der Waals surface area contributed by atoms with Gasteiger partial charge in [0.15, 0.2) is 0 Å². The van der Waals surface area contributed by atoms with Gasteiger partial charge in [-0.25, -0.2) is 0 Å². The zero-order valence-electron chi connectivity index (χ0n) is 20.8. The fourth-order valence-corrected chi connectivity index (χ4v) is 4.08. The maximum atomic E-state index is 7.00. The summed E-state index contributed by atoms with van der Waals surface area (Å²) in [6.45, 7) is 6.76. The molecule has 0 fully saturated rings. The van der Waals surface area contributed by atoms with Crippen LogP contribution in [0.15, 0.2) is 83.4 Å². The Morgan fingerprint density at radius 1 is 0.829 bits per heavy atom. The number of furan rings is 1. The van der Waals surface area contributed by atoms with Gasteiger partial charge < -0.3 is 19.6 Å². The van der Waals surface area contributed by atoms with E-state index in [-0.39, 0.29) is 25.5 Å². The van der Waals surface area contributed by atoms with E-state index in [9.17, 15) is 0 Å². The van der Waals surface area contributed by atoms with Crippen LogP contribution in [0.25, 0.3) is 44.3 Å². The van der Waals surface area contributed by atoms with Crippen LogP contribution in [-0.4, -0.2) is 29.4 Å². The second-order valence-electron chi connectivity index (χ2n) is 9.06. The summed E-state index contributed by atoms with van der Waals surface area (Å²) < 4.78 is 6.37. The van der Waals surface area contributed by atoms with E-state index in [4.69, 9.17) is 14.6 Å². The van der Waals surface area contributed by atoms with Gasteiger partial charge in [-0.1, -0.05) is 85.8 Å². The molecule has 5 heteroatoms. The van der Waals surface area contributed by atoms with E-state index in [2.05, 4.69) is 92.5 Å². The number of pyridine rings is 1. The first-order valence-electron chi connectivity index (χ1n) is 11.3. The topological polar surface area (TPSA) is 66.5 Å². The van der Waals surface area contributed by atoms with Gasteiger partial charge >= 0.3 is 0 Å². The van der Waals surface area contributed by atoms with E-state index in [1.807, 2.05) is 18.3 Å². The largest absolute Gasteiger partial charge is 0.501 e. The van der Waals surface area contributed by atoms with Gasteiger partial charge in [0.1, 0.15) is 5.58 Å². The Labute approximate surface area is 221 Å². The SMILES string of the molecule is CC(C)(C)Cc1ccnc(-c2[c-]ccc3c2oc2cc(-c4ccccc4)ccc23)c1.CO.CO.[Ir]. The van der Waals surface area contributed by atoms with Gasteiger partial charge in [0.25, 0.3) is 0 Å². The van der Waals surface area contributed by atoms with Crippen molar-refractivity contribution in [1.82, 2.24) is 4.98 Å². The van der Waals surface area contributed by atoms with Crippen LogP contribution in [0, 0.1) is 11.5 Å². The predicted octanol–water partition coefficient (Wildman–Crippen LogP) is 6.92. The summed E-state index contributed by atoms with van der Waals surface area (Å²) in [6, 6.07) is 28.5. The Balaban J connectivity index is 0.000000823. The number of aliphatic hydroxyl groups excluding tert-OH is 2. The van der Waals surface area contributed by atoms with Gasteiger partial charge in [-0.2, -0.15) is 0 Å². The molecule has 0 aliphatic rings. The first-order chi connectivity index (χ1) is 16.5. The number of fused-ring (bicyclic) bond motifs is 3. The second kappa shape index (κ2) is 12.8. The molecule has 0 bridgehead atoms. The van der Waals surface area contributed by atoms with E-state index < -0.39 is 0 Å². The second-order valence-corrected chi connectivity index (χ2v) is 9.06. The van der Waals surface area contributed by atoms with Gasteiger partial charge in [-0.3, -0.25) is 0 Å². The Kier molecular flexibility index (Phi) is 10.4. The standard InChI is InChI=1S/C28H24NO.2CH4O.Ir/c1-28(2,3)18-19-14-15-29-25(16-19)24-11-7-10-23-22-13-12-21(17-26(22)30-27(23)24)20-8-5-4-6-9-20;2*1-2;/h4-10,12-17H,18H2,1-3H3;2*2H,1H3;/q-1;;;. The van der Waals surface area contributed by atoms with Crippen molar-refractivity contribution in [2.45, 2.75) is 27.2 Å². The van der Waals surface area contributed by atoms with Crippen LogP contribution in [0.3, 0.4) is 0 Å². The van der Waals surface area contributed by atoms with Crippen LogP contribution in [0.4, 0.5) is 0 Å². The minimum absolute atomic E-state index is 0. The molecule has 2 aromatic heterocycles. The molecular weight excluding hydrogens is 615 g/mol. The van der Waals surface area contributed by atoms with Crippen LogP contribution in [0.1, 0.15) is 26.3 Å². The molecule has 2 heterocycles. The minimum Gasteiger partial charge on any atom is -0.501 e. The maximum absolute atomic E-state index is 7.00. The summed E-state index contributed by atoms with van der Waals surface area (Å²) in [5.41, 5.74) is 7.39. The van der Waals surface area contributed by atoms with Crippen LogP contribution in [0.2, 0.25) is 0 Å². The number of aromatic nitrogens is 1. The Hall–Kier alpha value is -2.82. The molecule has 0 atom stereocenters. The van der Waals surface area contributed by atoms with Crippen LogP contribution in [-0.2, 0) is 26.5 Å². The molecular formula is C30H32IrNO3-.